The van der Waals surface area contributed by atoms with E-state index in [1.54, 1.807) is 7.05 Å². The van der Waals surface area contributed by atoms with Gasteiger partial charge in [-0.1, -0.05) is 5.57 Å². The molecule has 1 unspecified atom stereocenters. The lowest BCUT2D eigenvalue weighted by molar-refractivity contribution is -0.139. The molecule has 0 aromatic carbocycles. The van der Waals surface area contributed by atoms with Crippen molar-refractivity contribution >= 4 is 5.97 Å². The highest BCUT2D eigenvalue weighted by Crippen LogP contribution is 2.00. The van der Waals surface area contributed by atoms with Crippen LogP contribution in [0.3, 0.4) is 0 Å². The van der Waals surface area contributed by atoms with Crippen molar-refractivity contribution in [1.82, 2.24) is 5.32 Å². The van der Waals surface area contributed by atoms with Gasteiger partial charge in [0.1, 0.15) is 6.04 Å². The van der Waals surface area contributed by atoms with Crippen molar-refractivity contribution in [3.63, 3.8) is 0 Å². The summed E-state index contributed by atoms with van der Waals surface area (Å²) in [4.78, 5) is 10.4. The summed E-state index contributed by atoms with van der Waals surface area (Å²) in [6.07, 6.45) is 0.492. The molecule has 0 fully saturated rings. The first-order chi connectivity index (χ1) is 4.57. The summed E-state index contributed by atoms with van der Waals surface area (Å²) in [7, 11) is 1.63. The van der Waals surface area contributed by atoms with Crippen molar-refractivity contribution in [2.75, 3.05) is 7.05 Å². The zero-order valence-electron chi connectivity index (χ0n) is 6.35. The number of hydrogen-bond donors (Lipinski definition) is 2. The molecule has 0 heterocycles. The summed E-state index contributed by atoms with van der Waals surface area (Å²) in [5.41, 5.74) is 0.877. The van der Waals surface area contributed by atoms with Gasteiger partial charge in [-0.3, -0.25) is 4.79 Å². The van der Waals surface area contributed by atoms with E-state index >= 15 is 0 Å². The molecule has 58 valence electrons. The molecular formula is C7H13NO2. The molecule has 3 nitrogen and oxygen atoms in total. The predicted octanol–water partition coefficient (Wildman–Crippen LogP) is 0.625. The normalized spacial score (nSPS) is 12.6. The number of rotatable bonds is 4. The van der Waals surface area contributed by atoms with E-state index in [-0.39, 0.29) is 0 Å². The number of hydrogen-bond acceptors (Lipinski definition) is 2. The molecule has 0 aliphatic heterocycles. The Bertz CT molecular complexity index is 143. The SMILES string of the molecule is C=C(C)CC(NC)C(=O)O. The van der Waals surface area contributed by atoms with Crippen LogP contribution in [0.4, 0.5) is 0 Å². The van der Waals surface area contributed by atoms with Gasteiger partial charge in [0.25, 0.3) is 0 Å². The van der Waals surface area contributed by atoms with Gasteiger partial charge in [-0.2, -0.15) is 0 Å². The highest BCUT2D eigenvalue weighted by molar-refractivity contribution is 5.73. The molecule has 0 saturated carbocycles. The summed E-state index contributed by atoms with van der Waals surface area (Å²) < 4.78 is 0. The number of carboxylic acid groups (broad SMARTS) is 1. The maximum Gasteiger partial charge on any atom is 0.321 e. The largest absolute Gasteiger partial charge is 0.480 e. The number of likely N-dealkylation sites (N-methyl/N-ethyl adjacent to an activating group) is 1. The van der Waals surface area contributed by atoms with E-state index in [2.05, 4.69) is 11.9 Å². The molecule has 0 spiro atoms. The van der Waals surface area contributed by atoms with Crippen LogP contribution in [-0.2, 0) is 4.79 Å². The van der Waals surface area contributed by atoms with E-state index in [1.807, 2.05) is 6.92 Å². The van der Waals surface area contributed by atoms with Crippen molar-refractivity contribution < 1.29 is 9.90 Å². The first-order valence-electron chi connectivity index (χ1n) is 3.12. The molecule has 0 amide bonds. The molecule has 0 rings (SSSR count). The highest BCUT2D eigenvalue weighted by atomic mass is 16.4. The number of aliphatic carboxylic acids is 1. The smallest absolute Gasteiger partial charge is 0.321 e. The fourth-order valence-corrected chi connectivity index (χ4v) is 0.661. The molecule has 3 heteroatoms. The predicted molar refractivity (Wildman–Crippen MR) is 39.9 cm³/mol. The Kier molecular flexibility index (Phi) is 3.72. The van der Waals surface area contributed by atoms with E-state index in [0.29, 0.717) is 6.42 Å². The van der Waals surface area contributed by atoms with E-state index in [4.69, 9.17) is 5.11 Å². The van der Waals surface area contributed by atoms with Crippen LogP contribution in [0, 0.1) is 0 Å². The Labute approximate surface area is 60.7 Å². The first-order valence-corrected chi connectivity index (χ1v) is 3.12. The Balaban J connectivity index is 3.83. The van der Waals surface area contributed by atoms with Gasteiger partial charge in [-0.15, -0.1) is 6.58 Å². The van der Waals surface area contributed by atoms with Crippen molar-refractivity contribution in [3.05, 3.63) is 12.2 Å². The van der Waals surface area contributed by atoms with Gasteiger partial charge >= 0.3 is 5.97 Å². The van der Waals surface area contributed by atoms with Gasteiger partial charge in [0.15, 0.2) is 0 Å². The minimum Gasteiger partial charge on any atom is -0.480 e. The molecule has 0 radical (unpaired) electrons. The first kappa shape index (κ1) is 9.17. The lowest BCUT2D eigenvalue weighted by atomic mass is 10.1. The molecule has 0 aliphatic rings. The molecule has 0 bridgehead atoms. The Morgan fingerprint density at radius 3 is 2.40 bits per heavy atom. The molecule has 0 aromatic rings. The van der Waals surface area contributed by atoms with E-state index < -0.39 is 12.0 Å². The van der Waals surface area contributed by atoms with Crippen LogP contribution >= 0.6 is 0 Å². The Morgan fingerprint density at radius 2 is 2.30 bits per heavy atom. The second-order valence-corrected chi connectivity index (χ2v) is 2.34. The number of carbonyl (C=O) groups is 1. The lowest BCUT2D eigenvalue weighted by Crippen LogP contribution is -2.33. The van der Waals surface area contributed by atoms with Gasteiger partial charge < -0.3 is 10.4 Å². The molecule has 2 N–H and O–H groups in total. The van der Waals surface area contributed by atoms with Gasteiger partial charge in [-0.25, -0.2) is 0 Å². The molecule has 10 heavy (non-hydrogen) atoms. The summed E-state index contributed by atoms with van der Waals surface area (Å²) in [5.74, 6) is -0.828. The fraction of sp³-hybridized carbons (Fsp3) is 0.571. The lowest BCUT2D eigenvalue weighted by Gasteiger charge is -2.09. The Morgan fingerprint density at radius 1 is 1.80 bits per heavy atom. The fourth-order valence-electron chi connectivity index (χ4n) is 0.661. The minimum atomic E-state index is -0.828. The summed E-state index contributed by atoms with van der Waals surface area (Å²) in [6, 6.07) is -0.488. The zero-order valence-corrected chi connectivity index (χ0v) is 6.35. The van der Waals surface area contributed by atoms with Crippen LogP contribution in [0.2, 0.25) is 0 Å². The van der Waals surface area contributed by atoms with Crippen LogP contribution in [0.5, 0.6) is 0 Å². The summed E-state index contributed by atoms with van der Waals surface area (Å²) in [5, 5.41) is 11.2. The number of carboxylic acids is 1. The van der Waals surface area contributed by atoms with Crippen LogP contribution in [0.1, 0.15) is 13.3 Å². The third kappa shape index (κ3) is 3.25. The van der Waals surface area contributed by atoms with Crippen molar-refractivity contribution in [2.24, 2.45) is 0 Å². The van der Waals surface area contributed by atoms with Gasteiger partial charge in [0, 0.05) is 0 Å². The second kappa shape index (κ2) is 4.06. The summed E-state index contributed by atoms with van der Waals surface area (Å²) >= 11 is 0. The standard InChI is InChI=1S/C7H13NO2/c1-5(2)4-6(8-3)7(9)10/h6,8H,1,4H2,2-3H3,(H,9,10). The molecule has 0 aliphatic carbocycles. The van der Waals surface area contributed by atoms with E-state index in [0.717, 1.165) is 5.57 Å². The third-order valence-corrected chi connectivity index (χ3v) is 1.20. The van der Waals surface area contributed by atoms with Gasteiger partial charge in [0.05, 0.1) is 0 Å². The monoisotopic (exact) mass is 143 g/mol. The topological polar surface area (TPSA) is 49.3 Å². The van der Waals surface area contributed by atoms with Crippen LogP contribution in [-0.4, -0.2) is 24.2 Å². The van der Waals surface area contributed by atoms with Crippen LogP contribution in [0.25, 0.3) is 0 Å². The molecule has 0 saturated heterocycles. The van der Waals surface area contributed by atoms with E-state index in [1.165, 1.54) is 0 Å². The van der Waals surface area contributed by atoms with Crippen molar-refractivity contribution in [3.8, 4) is 0 Å². The van der Waals surface area contributed by atoms with Crippen LogP contribution < -0.4 is 5.32 Å². The van der Waals surface area contributed by atoms with E-state index in [9.17, 15) is 4.79 Å². The maximum absolute atomic E-state index is 10.4. The summed E-state index contributed by atoms with van der Waals surface area (Å²) in [6.45, 7) is 5.43. The van der Waals surface area contributed by atoms with Gasteiger partial charge in [-0.05, 0) is 20.4 Å². The van der Waals surface area contributed by atoms with Gasteiger partial charge in [0.2, 0.25) is 0 Å². The molecular weight excluding hydrogens is 130 g/mol. The molecule has 0 aromatic heterocycles. The van der Waals surface area contributed by atoms with Crippen LogP contribution in [0.15, 0.2) is 12.2 Å². The quantitative estimate of drug-likeness (QED) is 0.567. The molecule has 1 atom stereocenters. The maximum atomic E-state index is 10.4. The minimum absolute atomic E-state index is 0.488. The highest BCUT2D eigenvalue weighted by Gasteiger charge is 2.13. The second-order valence-electron chi connectivity index (χ2n) is 2.34. The Hall–Kier alpha value is -0.830. The van der Waals surface area contributed by atoms with Crippen molar-refractivity contribution in [1.29, 1.82) is 0 Å². The number of nitrogens with one attached hydrogen (secondary N) is 1. The van der Waals surface area contributed by atoms with Crippen molar-refractivity contribution in [2.45, 2.75) is 19.4 Å². The third-order valence-electron chi connectivity index (χ3n) is 1.20. The average Bonchev–Trinajstić information content (AvgIpc) is 1.81. The average molecular weight is 143 g/mol. The zero-order chi connectivity index (χ0) is 8.15.